The first-order valence-corrected chi connectivity index (χ1v) is 10.2. The van der Waals surface area contributed by atoms with Gasteiger partial charge in [-0.15, -0.1) is 0 Å². The lowest BCUT2D eigenvalue weighted by molar-refractivity contribution is 0.0954. The van der Waals surface area contributed by atoms with E-state index in [1.165, 1.54) is 0 Å². The summed E-state index contributed by atoms with van der Waals surface area (Å²) in [4.78, 5) is 12.5. The largest absolute Gasteiger partial charge is 0.490 e. The predicted molar refractivity (Wildman–Crippen MR) is 118 cm³/mol. The molecule has 0 fully saturated rings. The van der Waals surface area contributed by atoms with Gasteiger partial charge in [0.15, 0.2) is 11.5 Å². The Morgan fingerprint density at radius 3 is 2.30 bits per heavy atom. The number of para-hydroxylation sites is 1. The molecule has 5 heteroatoms. The number of nitrogens with one attached hydrogen (secondary N) is 1. The van der Waals surface area contributed by atoms with Crippen LogP contribution in [-0.4, -0.2) is 25.7 Å². The van der Waals surface area contributed by atoms with Gasteiger partial charge in [0.2, 0.25) is 0 Å². The monoisotopic (exact) mass is 405 g/mol. The lowest BCUT2D eigenvalue weighted by atomic mass is 10.1. The topological polar surface area (TPSA) is 56.8 Å². The summed E-state index contributed by atoms with van der Waals surface area (Å²) < 4.78 is 17.1. The average Bonchev–Trinajstić information content (AvgIpc) is 2.76. The summed E-state index contributed by atoms with van der Waals surface area (Å²) in [6.07, 6.45) is 0.693. The van der Waals surface area contributed by atoms with Gasteiger partial charge in [0.05, 0.1) is 13.2 Å². The highest BCUT2D eigenvalue weighted by Crippen LogP contribution is 2.28. The number of amides is 1. The number of carbonyl (C=O) groups excluding carboxylic acids is 1. The summed E-state index contributed by atoms with van der Waals surface area (Å²) in [7, 11) is 0. The molecule has 0 saturated carbocycles. The van der Waals surface area contributed by atoms with Crippen LogP contribution in [0.2, 0.25) is 0 Å². The van der Waals surface area contributed by atoms with Crippen molar-refractivity contribution in [2.45, 2.75) is 20.3 Å². The van der Waals surface area contributed by atoms with E-state index in [0.717, 1.165) is 22.8 Å². The van der Waals surface area contributed by atoms with E-state index in [2.05, 4.69) is 5.32 Å². The van der Waals surface area contributed by atoms with Gasteiger partial charge in [-0.3, -0.25) is 4.79 Å². The minimum absolute atomic E-state index is 0.135. The fourth-order valence-electron chi connectivity index (χ4n) is 3.00. The first-order valence-electron chi connectivity index (χ1n) is 10.2. The summed E-state index contributed by atoms with van der Waals surface area (Å²) in [5.41, 5.74) is 1.63. The Hall–Kier alpha value is -3.47. The molecule has 3 rings (SSSR count). The first-order chi connectivity index (χ1) is 14.7. The van der Waals surface area contributed by atoms with Crippen molar-refractivity contribution < 1.29 is 19.0 Å². The summed E-state index contributed by atoms with van der Waals surface area (Å²) in [6, 6.07) is 22.5. The highest BCUT2D eigenvalue weighted by Gasteiger charge is 2.09. The molecule has 3 aromatic carbocycles. The second kappa shape index (κ2) is 10.9. The average molecular weight is 405 g/mol. The van der Waals surface area contributed by atoms with Crippen molar-refractivity contribution in [3.8, 4) is 23.0 Å². The third kappa shape index (κ3) is 6.01. The highest BCUT2D eigenvalue weighted by molar-refractivity contribution is 5.94. The third-order valence-electron chi connectivity index (χ3n) is 4.38. The van der Waals surface area contributed by atoms with Crippen LogP contribution in [-0.2, 0) is 6.42 Å². The molecule has 0 saturated heterocycles. The third-order valence-corrected chi connectivity index (χ3v) is 4.38. The summed E-state index contributed by atoms with van der Waals surface area (Å²) in [5.74, 6) is 2.69. The van der Waals surface area contributed by atoms with E-state index < -0.39 is 0 Å². The normalized spacial score (nSPS) is 10.3. The fraction of sp³-hybridized carbons (Fsp3) is 0.240. The molecule has 1 N–H and O–H groups in total. The zero-order chi connectivity index (χ0) is 21.2. The van der Waals surface area contributed by atoms with Gasteiger partial charge >= 0.3 is 0 Å². The molecule has 156 valence electrons. The van der Waals surface area contributed by atoms with E-state index in [-0.39, 0.29) is 5.91 Å². The van der Waals surface area contributed by atoms with Crippen molar-refractivity contribution >= 4 is 5.91 Å². The molecule has 30 heavy (non-hydrogen) atoms. The van der Waals surface area contributed by atoms with Crippen molar-refractivity contribution in [3.05, 3.63) is 83.9 Å². The molecule has 0 unspecified atom stereocenters. The van der Waals surface area contributed by atoms with Crippen molar-refractivity contribution in [2.24, 2.45) is 0 Å². The van der Waals surface area contributed by atoms with Crippen LogP contribution in [0.5, 0.6) is 23.0 Å². The van der Waals surface area contributed by atoms with Crippen LogP contribution in [0.3, 0.4) is 0 Å². The van der Waals surface area contributed by atoms with Crippen LogP contribution in [0.15, 0.2) is 72.8 Å². The molecule has 0 spiro atoms. The molecule has 0 aliphatic heterocycles. The van der Waals surface area contributed by atoms with Gasteiger partial charge in [-0.25, -0.2) is 0 Å². The summed E-state index contributed by atoms with van der Waals surface area (Å²) in [6.45, 7) is 5.56. The Bertz CT molecular complexity index is 956. The maximum Gasteiger partial charge on any atom is 0.251 e. The summed E-state index contributed by atoms with van der Waals surface area (Å²) >= 11 is 0. The lowest BCUT2D eigenvalue weighted by Crippen LogP contribution is -2.25. The number of ether oxygens (including phenoxy) is 3. The number of hydrogen-bond donors (Lipinski definition) is 1. The molecule has 0 atom stereocenters. The van der Waals surface area contributed by atoms with Gasteiger partial charge in [-0.1, -0.05) is 30.3 Å². The molecule has 1 amide bonds. The predicted octanol–water partition coefficient (Wildman–Crippen LogP) is 5.25. The Morgan fingerprint density at radius 1 is 0.800 bits per heavy atom. The van der Waals surface area contributed by atoms with Crippen LogP contribution < -0.4 is 19.5 Å². The number of rotatable bonds is 10. The SMILES string of the molecule is CCOc1ccc(CCNC(=O)c2cccc(Oc3ccccc3)c2)cc1OCC. The maximum atomic E-state index is 12.5. The fourth-order valence-corrected chi connectivity index (χ4v) is 3.00. The van der Waals surface area contributed by atoms with Crippen LogP contribution in [0.1, 0.15) is 29.8 Å². The molecule has 5 nitrogen and oxygen atoms in total. The highest BCUT2D eigenvalue weighted by atomic mass is 16.5. The summed E-state index contributed by atoms with van der Waals surface area (Å²) in [5, 5.41) is 2.96. The molecule has 3 aromatic rings. The maximum absolute atomic E-state index is 12.5. The molecular formula is C25H27NO4. The van der Waals surface area contributed by atoms with Crippen molar-refractivity contribution in [1.29, 1.82) is 0 Å². The van der Waals surface area contributed by atoms with Crippen LogP contribution in [0, 0.1) is 0 Å². The van der Waals surface area contributed by atoms with E-state index in [1.54, 1.807) is 12.1 Å². The Kier molecular flexibility index (Phi) is 7.72. The zero-order valence-electron chi connectivity index (χ0n) is 17.4. The zero-order valence-corrected chi connectivity index (χ0v) is 17.4. The molecule has 0 aliphatic rings. The molecule has 0 aromatic heterocycles. The van der Waals surface area contributed by atoms with Crippen LogP contribution in [0.25, 0.3) is 0 Å². The smallest absolute Gasteiger partial charge is 0.251 e. The van der Waals surface area contributed by atoms with Crippen molar-refractivity contribution in [3.63, 3.8) is 0 Å². The minimum atomic E-state index is -0.135. The second-order valence-corrected chi connectivity index (χ2v) is 6.60. The van der Waals surface area contributed by atoms with E-state index >= 15 is 0 Å². The first kappa shape index (κ1) is 21.2. The van der Waals surface area contributed by atoms with E-state index in [1.807, 2.05) is 74.5 Å². The molecular weight excluding hydrogens is 378 g/mol. The van der Waals surface area contributed by atoms with Gasteiger partial charge < -0.3 is 19.5 Å². The standard InChI is InChI=1S/C25H27NO4/c1-3-28-23-14-13-19(17-24(23)29-4-2)15-16-26-25(27)20-9-8-12-22(18-20)30-21-10-6-5-7-11-21/h5-14,17-18H,3-4,15-16H2,1-2H3,(H,26,27). The Labute approximate surface area is 177 Å². The van der Waals surface area contributed by atoms with Gasteiger partial charge in [-0.2, -0.15) is 0 Å². The van der Waals surface area contributed by atoms with E-state index in [0.29, 0.717) is 37.5 Å². The van der Waals surface area contributed by atoms with Crippen LogP contribution in [0.4, 0.5) is 0 Å². The van der Waals surface area contributed by atoms with Gasteiger partial charge in [0.25, 0.3) is 5.91 Å². The molecule has 0 aliphatic carbocycles. The molecule has 0 heterocycles. The second-order valence-electron chi connectivity index (χ2n) is 6.60. The van der Waals surface area contributed by atoms with Crippen LogP contribution >= 0.6 is 0 Å². The number of carbonyl (C=O) groups is 1. The van der Waals surface area contributed by atoms with Crippen molar-refractivity contribution in [2.75, 3.05) is 19.8 Å². The van der Waals surface area contributed by atoms with E-state index in [9.17, 15) is 4.79 Å². The lowest BCUT2D eigenvalue weighted by Gasteiger charge is -2.13. The quantitative estimate of drug-likeness (QED) is 0.501. The van der Waals surface area contributed by atoms with Gasteiger partial charge in [0, 0.05) is 12.1 Å². The van der Waals surface area contributed by atoms with Gasteiger partial charge in [0.1, 0.15) is 11.5 Å². The number of hydrogen-bond acceptors (Lipinski definition) is 4. The number of benzene rings is 3. The van der Waals surface area contributed by atoms with Crippen molar-refractivity contribution in [1.82, 2.24) is 5.32 Å². The van der Waals surface area contributed by atoms with E-state index in [4.69, 9.17) is 14.2 Å². The molecule has 0 bridgehead atoms. The van der Waals surface area contributed by atoms with Gasteiger partial charge in [-0.05, 0) is 68.3 Å². The Balaban J connectivity index is 1.57. The Morgan fingerprint density at radius 2 is 1.53 bits per heavy atom. The molecule has 0 radical (unpaired) electrons. The minimum Gasteiger partial charge on any atom is -0.490 e.